The molecule has 9 nitrogen and oxygen atoms in total. The maximum absolute atomic E-state index is 12.6. The van der Waals surface area contributed by atoms with E-state index in [4.69, 9.17) is 16.3 Å². The number of H-pyrrole nitrogens is 1. The molecule has 2 N–H and O–H groups in total. The standard InChI is InChI=1S/C21H24ClN5O4S/c1-13(17-12-14-11-15(22)3-4-18(14)25-20(17)28)24-21-23-8-5-19(26-21)27(32(2,29)30)16-6-9-31-10-7-16/h3-5,8,11-13,16H,6-7,9-10H2,1-2H3,(H,25,28)(H,23,24,26)/t13-/m0/s1. The summed E-state index contributed by atoms with van der Waals surface area (Å²) < 4.78 is 31.8. The molecule has 0 amide bonds. The fraction of sp³-hybridized carbons (Fsp3) is 0.381. The Labute approximate surface area is 190 Å². The zero-order valence-corrected chi connectivity index (χ0v) is 19.3. The van der Waals surface area contributed by atoms with Crippen LogP contribution < -0.4 is 15.2 Å². The number of nitrogens with zero attached hydrogens (tertiary/aromatic N) is 3. The highest BCUT2D eigenvalue weighted by Gasteiger charge is 2.30. The lowest BCUT2D eigenvalue weighted by Gasteiger charge is -2.33. The van der Waals surface area contributed by atoms with Crippen molar-refractivity contribution in [3.05, 3.63) is 57.5 Å². The monoisotopic (exact) mass is 477 g/mol. The summed E-state index contributed by atoms with van der Waals surface area (Å²) in [5.41, 5.74) is 0.933. The highest BCUT2D eigenvalue weighted by Crippen LogP contribution is 2.26. The molecule has 1 aliphatic rings. The Bertz CT molecular complexity index is 1290. The summed E-state index contributed by atoms with van der Waals surface area (Å²) in [6.45, 7) is 2.81. The summed E-state index contributed by atoms with van der Waals surface area (Å²) in [4.78, 5) is 24.1. The van der Waals surface area contributed by atoms with E-state index >= 15 is 0 Å². The van der Waals surface area contributed by atoms with Gasteiger partial charge in [0.25, 0.3) is 5.56 Å². The lowest BCUT2D eigenvalue weighted by molar-refractivity contribution is 0.0875. The van der Waals surface area contributed by atoms with Gasteiger partial charge in [0.15, 0.2) is 0 Å². The summed E-state index contributed by atoms with van der Waals surface area (Å²) in [7, 11) is -3.56. The average Bonchev–Trinajstić information content (AvgIpc) is 2.73. The minimum atomic E-state index is -3.56. The van der Waals surface area contributed by atoms with Gasteiger partial charge in [-0.1, -0.05) is 11.6 Å². The average molecular weight is 478 g/mol. The zero-order valence-electron chi connectivity index (χ0n) is 17.7. The van der Waals surface area contributed by atoms with E-state index in [1.54, 1.807) is 30.3 Å². The second kappa shape index (κ2) is 9.05. The number of aromatic amines is 1. The molecule has 1 atom stereocenters. The van der Waals surface area contributed by atoms with Crippen LogP contribution >= 0.6 is 11.6 Å². The molecule has 0 aliphatic carbocycles. The van der Waals surface area contributed by atoms with Crippen molar-refractivity contribution in [2.75, 3.05) is 29.1 Å². The molecule has 0 radical (unpaired) electrons. The Morgan fingerprint density at radius 2 is 2.00 bits per heavy atom. The van der Waals surface area contributed by atoms with Crippen molar-refractivity contribution < 1.29 is 13.2 Å². The van der Waals surface area contributed by atoms with Crippen LogP contribution in [0.15, 0.2) is 41.3 Å². The van der Waals surface area contributed by atoms with Crippen molar-refractivity contribution in [1.29, 1.82) is 0 Å². The second-order valence-electron chi connectivity index (χ2n) is 7.79. The number of fused-ring (bicyclic) bond motifs is 1. The summed E-state index contributed by atoms with van der Waals surface area (Å²) in [6.07, 6.45) is 3.84. The summed E-state index contributed by atoms with van der Waals surface area (Å²) in [6, 6.07) is 7.91. The Morgan fingerprint density at radius 1 is 1.25 bits per heavy atom. The van der Waals surface area contributed by atoms with Gasteiger partial charge in [-0.15, -0.1) is 0 Å². The third kappa shape index (κ3) is 4.87. The van der Waals surface area contributed by atoms with Crippen molar-refractivity contribution in [2.24, 2.45) is 0 Å². The van der Waals surface area contributed by atoms with E-state index < -0.39 is 16.1 Å². The quantitative estimate of drug-likeness (QED) is 0.560. The number of pyridine rings is 1. The fourth-order valence-corrected chi connectivity index (χ4v) is 5.25. The largest absolute Gasteiger partial charge is 0.381 e. The Balaban J connectivity index is 1.63. The smallest absolute Gasteiger partial charge is 0.253 e. The third-order valence-electron chi connectivity index (χ3n) is 5.39. The van der Waals surface area contributed by atoms with Crippen molar-refractivity contribution >= 4 is 44.3 Å². The maximum atomic E-state index is 12.6. The number of hydrogen-bond acceptors (Lipinski definition) is 7. The van der Waals surface area contributed by atoms with Crippen LogP contribution in [0.4, 0.5) is 11.8 Å². The molecule has 11 heteroatoms. The second-order valence-corrected chi connectivity index (χ2v) is 10.1. The van der Waals surface area contributed by atoms with Crippen LogP contribution in [0.25, 0.3) is 10.9 Å². The van der Waals surface area contributed by atoms with Crippen molar-refractivity contribution in [1.82, 2.24) is 15.0 Å². The van der Waals surface area contributed by atoms with Crippen LogP contribution in [-0.4, -0.2) is 48.9 Å². The third-order valence-corrected chi connectivity index (χ3v) is 6.83. The van der Waals surface area contributed by atoms with Crippen LogP contribution in [-0.2, 0) is 14.8 Å². The minimum Gasteiger partial charge on any atom is -0.381 e. The van der Waals surface area contributed by atoms with E-state index in [0.29, 0.717) is 42.2 Å². The summed E-state index contributed by atoms with van der Waals surface area (Å²) in [5, 5.41) is 4.48. The van der Waals surface area contributed by atoms with Gasteiger partial charge in [0.05, 0.1) is 18.3 Å². The van der Waals surface area contributed by atoms with Gasteiger partial charge >= 0.3 is 0 Å². The van der Waals surface area contributed by atoms with Crippen molar-refractivity contribution in [3.8, 4) is 0 Å². The predicted octanol–water partition coefficient (Wildman–Crippen LogP) is 3.09. The molecule has 170 valence electrons. The number of halogens is 1. The topological polar surface area (TPSA) is 117 Å². The van der Waals surface area contributed by atoms with E-state index in [9.17, 15) is 13.2 Å². The van der Waals surface area contributed by atoms with Gasteiger partial charge in [0.1, 0.15) is 5.82 Å². The van der Waals surface area contributed by atoms with Crippen LogP contribution in [0.5, 0.6) is 0 Å². The number of rotatable bonds is 6. The Kier molecular flexibility index (Phi) is 6.36. The van der Waals surface area contributed by atoms with E-state index in [2.05, 4.69) is 20.3 Å². The molecule has 1 aromatic carbocycles. The maximum Gasteiger partial charge on any atom is 0.253 e. The number of aromatic nitrogens is 3. The summed E-state index contributed by atoms with van der Waals surface area (Å²) >= 11 is 6.08. The first-order valence-corrected chi connectivity index (χ1v) is 12.4. The molecule has 32 heavy (non-hydrogen) atoms. The highest BCUT2D eigenvalue weighted by atomic mass is 35.5. The van der Waals surface area contributed by atoms with E-state index in [-0.39, 0.29) is 23.4 Å². The molecule has 3 aromatic rings. The molecule has 0 saturated carbocycles. The lowest BCUT2D eigenvalue weighted by atomic mass is 10.1. The number of sulfonamides is 1. The van der Waals surface area contributed by atoms with Crippen LogP contribution in [0.3, 0.4) is 0 Å². The first-order valence-electron chi connectivity index (χ1n) is 10.2. The minimum absolute atomic E-state index is 0.223. The molecule has 0 bridgehead atoms. The normalized spacial score (nSPS) is 16.1. The molecule has 1 saturated heterocycles. The first kappa shape index (κ1) is 22.5. The van der Waals surface area contributed by atoms with Crippen LogP contribution in [0, 0.1) is 0 Å². The first-order chi connectivity index (χ1) is 15.2. The molecule has 0 spiro atoms. The molecule has 0 unspecified atom stereocenters. The fourth-order valence-electron chi connectivity index (χ4n) is 3.88. The van der Waals surface area contributed by atoms with E-state index in [1.165, 1.54) is 16.8 Å². The molecular weight excluding hydrogens is 454 g/mol. The number of anilines is 2. The van der Waals surface area contributed by atoms with Gasteiger partial charge < -0.3 is 15.0 Å². The van der Waals surface area contributed by atoms with Crippen molar-refractivity contribution in [3.63, 3.8) is 0 Å². The van der Waals surface area contributed by atoms with Crippen LogP contribution in [0.2, 0.25) is 5.02 Å². The summed E-state index contributed by atoms with van der Waals surface area (Å²) in [5.74, 6) is 0.504. The molecule has 2 aromatic heterocycles. The number of benzene rings is 1. The highest BCUT2D eigenvalue weighted by molar-refractivity contribution is 7.92. The zero-order chi connectivity index (χ0) is 22.9. The van der Waals surface area contributed by atoms with E-state index in [0.717, 1.165) is 5.39 Å². The Hall–Kier alpha value is -2.69. The van der Waals surface area contributed by atoms with E-state index in [1.807, 2.05) is 6.92 Å². The molecule has 1 fully saturated rings. The van der Waals surface area contributed by atoms with Crippen molar-refractivity contribution in [2.45, 2.75) is 31.8 Å². The van der Waals surface area contributed by atoms with Gasteiger partial charge in [-0.25, -0.2) is 13.4 Å². The van der Waals surface area contributed by atoms with Gasteiger partial charge in [-0.2, -0.15) is 4.98 Å². The van der Waals surface area contributed by atoms with Gasteiger partial charge in [0.2, 0.25) is 16.0 Å². The van der Waals surface area contributed by atoms with Gasteiger partial charge in [-0.3, -0.25) is 9.10 Å². The molecule has 1 aliphatic heterocycles. The molecule has 3 heterocycles. The number of nitrogens with one attached hydrogen (secondary N) is 2. The van der Waals surface area contributed by atoms with Crippen LogP contribution in [0.1, 0.15) is 31.4 Å². The molecular formula is C21H24ClN5O4S. The number of ether oxygens (including phenoxy) is 1. The lowest BCUT2D eigenvalue weighted by Crippen LogP contribution is -2.43. The van der Waals surface area contributed by atoms with Gasteiger partial charge in [-0.05, 0) is 44.0 Å². The number of hydrogen-bond donors (Lipinski definition) is 2. The molecule has 4 rings (SSSR count). The van der Waals surface area contributed by atoms with Gasteiger partial charge in [0, 0.05) is 47.0 Å². The Morgan fingerprint density at radius 3 is 2.72 bits per heavy atom. The SMILES string of the molecule is C[C@H](Nc1nccc(N(C2CCOCC2)S(C)(=O)=O)n1)c1cc2cc(Cl)ccc2[nH]c1=O. The predicted molar refractivity (Wildman–Crippen MR) is 125 cm³/mol.